The van der Waals surface area contributed by atoms with Gasteiger partial charge in [0.15, 0.2) is 0 Å². The van der Waals surface area contributed by atoms with E-state index < -0.39 is 12.0 Å². The van der Waals surface area contributed by atoms with Gasteiger partial charge in [0.2, 0.25) is 5.96 Å². The maximum Gasteiger partial charge on any atom is 0.328 e. The van der Waals surface area contributed by atoms with Gasteiger partial charge in [-0.15, -0.1) is 5.10 Å². The molecular weight excluding hydrogens is 184 g/mol. The van der Waals surface area contributed by atoms with E-state index >= 15 is 0 Å². The van der Waals surface area contributed by atoms with Gasteiger partial charge < -0.3 is 16.6 Å². The molecule has 1 heterocycles. The van der Waals surface area contributed by atoms with Crippen molar-refractivity contribution >= 4 is 11.9 Å². The van der Waals surface area contributed by atoms with Gasteiger partial charge in [0.1, 0.15) is 6.04 Å². The number of hydrogen-bond acceptors (Lipinski definition) is 3. The summed E-state index contributed by atoms with van der Waals surface area (Å²) in [6.45, 7) is 2.62. The van der Waals surface area contributed by atoms with Gasteiger partial charge in [-0.3, -0.25) is 5.01 Å². The van der Waals surface area contributed by atoms with Crippen LogP contribution in [0.2, 0.25) is 0 Å². The van der Waals surface area contributed by atoms with Gasteiger partial charge in [-0.05, 0) is 18.8 Å². The lowest BCUT2D eigenvalue weighted by Crippen LogP contribution is -2.45. The van der Waals surface area contributed by atoms with Crippen LogP contribution in [0.5, 0.6) is 0 Å². The third kappa shape index (κ3) is 2.51. The molecule has 6 heteroatoms. The van der Waals surface area contributed by atoms with Gasteiger partial charge in [-0.25, -0.2) is 4.79 Å². The van der Waals surface area contributed by atoms with Crippen molar-refractivity contribution in [3.8, 4) is 0 Å². The van der Waals surface area contributed by atoms with E-state index in [2.05, 4.69) is 5.10 Å². The van der Waals surface area contributed by atoms with Crippen LogP contribution < -0.4 is 11.5 Å². The zero-order valence-electron chi connectivity index (χ0n) is 8.18. The first-order valence-electron chi connectivity index (χ1n) is 4.59. The summed E-state index contributed by atoms with van der Waals surface area (Å²) in [5, 5.41) is 14.2. The Morgan fingerprint density at radius 1 is 1.57 bits per heavy atom. The van der Waals surface area contributed by atoms with Gasteiger partial charge in [-0.2, -0.15) is 0 Å². The molecule has 0 aromatic rings. The van der Waals surface area contributed by atoms with Crippen LogP contribution in [0, 0.1) is 5.92 Å². The highest BCUT2D eigenvalue weighted by atomic mass is 16.4. The number of piperidine rings is 1. The van der Waals surface area contributed by atoms with Gasteiger partial charge in [-0.1, -0.05) is 6.92 Å². The largest absolute Gasteiger partial charge is 0.480 e. The number of aliphatic carboxylic acids is 1. The zero-order chi connectivity index (χ0) is 10.7. The van der Waals surface area contributed by atoms with Crippen LogP contribution in [-0.2, 0) is 4.79 Å². The number of carboxylic acids is 1. The molecule has 0 aromatic carbocycles. The van der Waals surface area contributed by atoms with Crippen LogP contribution in [0.4, 0.5) is 0 Å². The monoisotopic (exact) mass is 200 g/mol. The summed E-state index contributed by atoms with van der Waals surface area (Å²) in [4.78, 5) is 10.9. The Morgan fingerprint density at radius 3 is 2.71 bits per heavy atom. The minimum atomic E-state index is -0.874. The Hall–Kier alpha value is -1.46. The summed E-state index contributed by atoms with van der Waals surface area (Å²) in [5.41, 5.74) is 10.4. The van der Waals surface area contributed by atoms with Crippen molar-refractivity contribution in [2.45, 2.75) is 25.8 Å². The number of carboxylic acid groups (broad SMARTS) is 1. The lowest BCUT2D eigenvalue weighted by molar-refractivity contribution is -0.145. The average Bonchev–Trinajstić information content (AvgIpc) is 2.07. The molecule has 5 N–H and O–H groups in total. The third-order valence-corrected chi connectivity index (χ3v) is 2.37. The van der Waals surface area contributed by atoms with Crippen LogP contribution in [0.15, 0.2) is 5.10 Å². The second kappa shape index (κ2) is 4.17. The van der Waals surface area contributed by atoms with Crippen molar-refractivity contribution in [1.82, 2.24) is 5.01 Å². The quantitative estimate of drug-likeness (QED) is 0.406. The molecule has 0 amide bonds. The van der Waals surface area contributed by atoms with Crippen LogP contribution in [-0.4, -0.2) is 34.6 Å². The molecule has 1 fully saturated rings. The molecule has 1 aliphatic rings. The van der Waals surface area contributed by atoms with E-state index in [0.717, 1.165) is 6.42 Å². The number of hydrazone groups is 1. The van der Waals surface area contributed by atoms with Crippen LogP contribution in [0.3, 0.4) is 0 Å². The van der Waals surface area contributed by atoms with E-state index in [-0.39, 0.29) is 5.96 Å². The third-order valence-electron chi connectivity index (χ3n) is 2.37. The number of rotatable bonds is 2. The minimum Gasteiger partial charge on any atom is -0.480 e. The minimum absolute atomic E-state index is 0.0918. The Balaban J connectivity index is 2.72. The first-order valence-corrected chi connectivity index (χ1v) is 4.59. The molecule has 0 unspecified atom stereocenters. The lowest BCUT2D eigenvalue weighted by Gasteiger charge is -2.33. The van der Waals surface area contributed by atoms with Crippen molar-refractivity contribution in [3.05, 3.63) is 0 Å². The highest BCUT2D eigenvalue weighted by Crippen LogP contribution is 2.22. The summed E-state index contributed by atoms with van der Waals surface area (Å²) in [6.07, 6.45) is 1.51. The topological polar surface area (TPSA) is 105 Å². The number of guanidine groups is 1. The van der Waals surface area contributed by atoms with E-state index in [1.54, 1.807) is 0 Å². The summed E-state index contributed by atoms with van der Waals surface area (Å²) < 4.78 is 0. The standard InChI is InChI=1S/C8H16N4O2/c1-5-2-3-12(11-8(9)10)6(4-5)7(13)14/h5-6H,2-4H2,1H3,(H,13,14)(H4,9,10,11)/t5-,6-/m1/s1. The van der Waals surface area contributed by atoms with E-state index in [0.29, 0.717) is 18.9 Å². The van der Waals surface area contributed by atoms with Gasteiger partial charge in [0.05, 0.1) is 0 Å². The normalized spacial score (nSPS) is 27.1. The van der Waals surface area contributed by atoms with Crippen molar-refractivity contribution in [1.29, 1.82) is 0 Å². The van der Waals surface area contributed by atoms with Crippen LogP contribution in [0.1, 0.15) is 19.8 Å². The number of hydrogen-bond donors (Lipinski definition) is 3. The van der Waals surface area contributed by atoms with Crippen molar-refractivity contribution < 1.29 is 9.90 Å². The van der Waals surface area contributed by atoms with Crippen molar-refractivity contribution in [3.63, 3.8) is 0 Å². The summed E-state index contributed by atoms with van der Waals surface area (Å²) in [6, 6.07) is -0.596. The second-order valence-corrected chi connectivity index (χ2v) is 3.67. The van der Waals surface area contributed by atoms with Crippen molar-refractivity contribution in [2.24, 2.45) is 22.5 Å². The first kappa shape index (κ1) is 10.6. The highest BCUT2D eigenvalue weighted by Gasteiger charge is 2.31. The SMILES string of the molecule is C[C@@H]1CCN(N=C(N)N)[C@@H](C(=O)O)C1. The maximum atomic E-state index is 10.9. The smallest absolute Gasteiger partial charge is 0.328 e. The maximum absolute atomic E-state index is 10.9. The Bertz CT molecular complexity index is 250. The molecule has 0 spiro atoms. The average molecular weight is 200 g/mol. The van der Waals surface area contributed by atoms with Crippen LogP contribution >= 0.6 is 0 Å². The summed E-state index contributed by atoms with van der Waals surface area (Å²) in [5.74, 6) is -0.561. The number of nitrogens with zero attached hydrogens (tertiary/aromatic N) is 2. The molecule has 1 aliphatic heterocycles. The van der Waals surface area contributed by atoms with Gasteiger partial charge in [0.25, 0.3) is 0 Å². The predicted molar refractivity (Wildman–Crippen MR) is 52.3 cm³/mol. The molecule has 6 nitrogen and oxygen atoms in total. The molecule has 0 aliphatic carbocycles. The first-order chi connectivity index (χ1) is 6.50. The fourth-order valence-corrected chi connectivity index (χ4v) is 1.63. The summed E-state index contributed by atoms with van der Waals surface area (Å²) in [7, 11) is 0. The van der Waals surface area contributed by atoms with Gasteiger partial charge >= 0.3 is 5.97 Å². The fraction of sp³-hybridized carbons (Fsp3) is 0.750. The highest BCUT2D eigenvalue weighted by molar-refractivity contribution is 5.77. The van der Waals surface area contributed by atoms with E-state index in [4.69, 9.17) is 16.6 Å². The Morgan fingerprint density at radius 2 is 2.21 bits per heavy atom. The Kier molecular flexibility index (Phi) is 3.16. The molecule has 0 aromatic heterocycles. The van der Waals surface area contributed by atoms with Crippen LogP contribution in [0.25, 0.3) is 0 Å². The molecular formula is C8H16N4O2. The van der Waals surface area contributed by atoms with E-state index in [1.807, 2.05) is 6.92 Å². The lowest BCUT2D eigenvalue weighted by atomic mass is 9.94. The zero-order valence-corrected chi connectivity index (χ0v) is 8.18. The molecule has 0 radical (unpaired) electrons. The molecule has 1 rings (SSSR count). The number of nitrogens with two attached hydrogens (primary N) is 2. The second-order valence-electron chi connectivity index (χ2n) is 3.67. The van der Waals surface area contributed by atoms with E-state index in [1.165, 1.54) is 5.01 Å². The molecule has 0 bridgehead atoms. The van der Waals surface area contributed by atoms with Crippen molar-refractivity contribution in [2.75, 3.05) is 6.54 Å². The molecule has 1 saturated heterocycles. The molecule has 80 valence electrons. The molecule has 2 atom stereocenters. The summed E-state index contributed by atoms with van der Waals surface area (Å²) >= 11 is 0. The van der Waals surface area contributed by atoms with Gasteiger partial charge in [0, 0.05) is 6.54 Å². The number of carbonyl (C=O) groups is 1. The molecule has 0 saturated carbocycles. The predicted octanol–water partition coefficient (Wildman–Crippen LogP) is -0.640. The fourth-order valence-electron chi connectivity index (χ4n) is 1.63. The Labute approximate surface area is 82.5 Å². The molecule has 14 heavy (non-hydrogen) atoms. The van der Waals surface area contributed by atoms with E-state index in [9.17, 15) is 4.79 Å².